The van der Waals surface area contributed by atoms with Crippen molar-refractivity contribution < 1.29 is 19.3 Å². The third-order valence-corrected chi connectivity index (χ3v) is 8.96. The molecule has 1 heterocycles. The second kappa shape index (κ2) is 9.99. The van der Waals surface area contributed by atoms with E-state index in [1.54, 1.807) is 6.21 Å². The molecule has 0 spiro atoms. The minimum Gasteiger partial charge on any atom is -0.274 e. The van der Waals surface area contributed by atoms with Crippen molar-refractivity contribution in [2.24, 2.45) is 16.9 Å². The lowest BCUT2D eigenvalue weighted by molar-refractivity contribution is -0.384. The van der Waals surface area contributed by atoms with Gasteiger partial charge < -0.3 is 0 Å². The molecular formula is C33H23ClN4O5. The number of nitro groups is 1. The SMILES string of the molecule is O=C(Cc1ccccc1)N/N=C\C12c3ccccc3C(c3ccccc31)[C@@H]1C(=O)N(c3ccc(Cl)cc3[N+](=O)[O-])C(=O)[C@H]12. The zero-order valence-corrected chi connectivity index (χ0v) is 23.3. The van der Waals surface area contributed by atoms with Crippen LogP contribution < -0.4 is 10.3 Å². The number of carbonyl (C=O) groups excluding carboxylic acids is 3. The van der Waals surface area contributed by atoms with E-state index in [2.05, 4.69) is 10.5 Å². The molecule has 0 saturated carbocycles. The Morgan fingerprint density at radius 2 is 1.56 bits per heavy atom. The summed E-state index contributed by atoms with van der Waals surface area (Å²) in [6.45, 7) is 0. The molecule has 10 heteroatoms. The van der Waals surface area contributed by atoms with Crippen molar-refractivity contribution in [3.8, 4) is 0 Å². The number of nitrogens with one attached hydrogen (secondary N) is 1. The van der Waals surface area contributed by atoms with Crippen LogP contribution in [0.2, 0.25) is 5.02 Å². The normalized spacial score (nSPS) is 23.2. The number of halogens is 1. The molecule has 4 aliphatic rings. The molecule has 3 amide bonds. The van der Waals surface area contributed by atoms with Gasteiger partial charge in [0.05, 0.1) is 28.6 Å². The topological polar surface area (TPSA) is 122 Å². The van der Waals surface area contributed by atoms with Crippen LogP contribution in [0.1, 0.15) is 33.7 Å². The number of hydrazone groups is 1. The molecule has 2 atom stereocenters. The molecule has 1 fully saturated rings. The Morgan fingerprint density at radius 3 is 2.21 bits per heavy atom. The number of hydrogen-bond donors (Lipinski definition) is 1. The molecule has 43 heavy (non-hydrogen) atoms. The van der Waals surface area contributed by atoms with E-state index in [1.165, 1.54) is 12.1 Å². The Hall–Kier alpha value is -5.15. The number of imide groups is 1. The van der Waals surface area contributed by atoms with E-state index in [4.69, 9.17) is 11.6 Å². The van der Waals surface area contributed by atoms with Crippen LogP contribution in [0, 0.1) is 22.0 Å². The molecule has 9 nitrogen and oxygen atoms in total. The van der Waals surface area contributed by atoms with E-state index in [9.17, 15) is 24.5 Å². The lowest BCUT2D eigenvalue weighted by Gasteiger charge is -2.52. The molecule has 4 aromatic carbocycles. The number of rotatable bonds is 6. The molecule has 0 aromatic heterocycles. The zero-order valence-electron chi connectivity index (χ0n) is 22.5. The minimum atomic E-state index is -1.23. The average molecular weight is 591 g/mol. The van der Waals surface area contributed by atoms with E-state index < -0.39 is 45.6 Å². The average Bonchev–Trinajstić information content (AvgIpc) is 3.28. The van der Waals surface area contributed by atoms with E-state index in [0.29, 0.717) is 0 Å². The van der Waals surface area contributed by atoms with Crippen LogP contribution in [0.15, 0.2) is 102 Å². The summed E-state index contributed by atoms with van der Waals surface area (Å²) < 4.78 is 0. The molecule has 212 valence electrons. The number of amides is 3. The zero-order chi connectivity index (χ0) is 29.9. The first kappa shape index (κ1) is 26.7. The van der Waals surface area contributed by atoms with E-state index >= 15 is 0 Å². The Morgan fingerprint density at radius 1 is 0.930 bits per heavy atom. The van der Waals surface area contributed by atoms with Crippen molar-refractivity contribution in [2.75, 3.05) is 4.90 Å². The summed E-state index contributed by atoms with van der Waals surface area (Å²) in [4.78, 5) is 53.9. The van der Waals surface area contributed by atoms with Crippen LogP contribution in [0.25, 0.3) is 0 Å². The lowest BCUT2D eigenvalue weighted by Crippen LogP contribution is -2.54. The highest BCUT2D eigenvalue weighted by molar-refractivity contribution is 6.31. The fourth-order valence-electron chi connectivity index (χ4n) is 7.15. The van der Waals surface area contributed by atoms with Crippen molar-refractivity contribution in [3.63, 3.8) is 0 Å². The number of benzene rings is 4. The van der Waals surface area contributed by atoms with E-state index in [-0.39, 0.29) is 23.0 Å². The van der Waals surface area contributed by atoms with Crippen LogP contribution in [0.4, 0.5) is 11.4 Å². The molecule has 1 saturated heterocycles. The largest absolute Gasteiger partial charge is 0.294 e. The van der Waals surface area contributed by atoms with Gasteiger partial charge in [-0.25, -0.2) is 10.3 Å². The summed E-state index contributed by atoms with van der Waals surface area (Å²) in [5.74, 6) is -3.70. The highest BCUT2D eigenvalue weighted by Crippen LogP contribution is 2.64. The fourth-order valence-corrected chi connectivity index (χ4v) is 7.31. The lowest BCUT2D eigenvalue weighted by atomic mass is 9.47. The molecule has 1 aliphatic heterocycles. The number of hydrogen-bond acceptors (Lipinski definition) is 6. The summed E-state index contributed by atoms with van der Waals surface area (Å²) in [6.07, 6.45) is 1.67. The number of carbonyl (C=O) groups is 3. The summed E-state index contributed by atoms with van der Waals surface area (Å²) in [6, 6.07) is 28.3. The maximum Gasteiger partial charge on any atom is 0.294 e. The van der Waals surface area contributed by atoms with Crippen LogP contribution in [0.5, 0.6) is 0 Å². The second-order valence-electron chi connectivity index (χ2n) is 10.9. The van der Waals surface area contributed by atoms with Gasteiger partial charge in [-0.15, -0.1) is 0 Å². The predicted molar refractivity (Wildman–Crippen MR) is 160 cm³/mol. The Balaban J connectivity index is 1.38. The van der Waals surface area contributed by atoms with Gasteiger partial charge in [0.2, 0.25) is 17.7 Å². The van der Waals surface area contributed by atoms with Crippen LogP contribution in [0.3, 0.4) is 0 Å². The maximum atomic E-state index is 14.5. The first-order chi connectivity index (χ1) is 20.8. The Kier molecular flexibility index (Phi) is 6.21. The van der Waals surface area contributed by atoms with Crippen molar-refractivity contribution in [1.82, 2.24) is 5.43 Å². The Bertz CT molecular complexity index is 1830. The molecular weight excluding hydrogens is 568 g/mol. The molecule has 3 aliphatic carbocycles. The molecule has 0 unspecified atom stereocenters. The highest BCUT2D eigenvalue weighted by Gasteiger charge is 2.68. The van der Waals surface area contributed by atoms with Crippen molar-refractivity contribution in [3.05, 3.63) is 140 Å². The van der Waals surface area contributed by atoms with Gasteiger partial charge in [0.25, 0.3) is 5.69 Å². The van der Waals surface area contributed by atoms with Gasteiger partial charge in [0.1, 0.15) is 5.69 Å². The van der Waals surface area contributed by atoms with E-state index in [1.807, 2.05) is 78.9 Å². The molecule has 0 radical (unpaired) electrons. The summed E-state index contributed by atoms with van der Waals surface area (Å²) >= 11 is 6.05. The molecule has 1 N–H and O–H groups in total. The monoisotopic (exact) mass is 590 g/mol. The van der Waals surface area contributed by atoms with Crippen molar-refractivity contribution in [2.45, 2.75) is 17.8 Å². The van der Waals surface area contributed by atoms with Gasteiger partial charge in [0.15, 0.2) is 0 Å². The maximum absolute atomic E-state index is 14.5. The van der Waals surface area contributed by atoms with Crippen LogP contribution in [-0.2, 0) is 26.2 Å². The first-order valence-electron chi connectivity index (χ1n) is 13.7. The summed E-state index contributed by atoms with van der Waals surface area (Å²) in [5, 5.41) is 16.5. The fraction of sp³-hybridized carbons (Fsp3) is 0.152. The second-order valence-corrected chi connectivity index (χ2v) is 11.3. The Labute approximate surface area is 250 Å². The molecule has 4 aromatic rings. The number of anilines is 1. The standard InChI is InChI=1S/C33H23ClN4O5/c34-20-14-15-25(26(17-20)38(42)43)37-31(40)29-28-21-10-4-6-12-23(21)33(30(29)32(37)41,24-13-7-5-11-22(24)28)18-35-36-27(39)16-19-8-2-1-3-9-19/h1-15,17-18,28-30H,16H2,(H,36,39)/b35-18-/t28?,29-,30-,33?/m0/s1. The van der Waals surface area contributed by atoms with Crippen LogP contribution in [-0.4, -0.2) is 28.9 Å². The van der Waals surface area contributed by atoms with Gasteiger partial charge in [-0.1, -0.05) is 90.5 Å². The molecule has 2 bridgehead atoms. The number of nitro benzene ring substituents is 1. The highest BCUT2D eigenvalue weighted by atomic mass is 35.5. The van der Waals surface area contributed by atoms with Gasteiger partial charge in [-0.05, 0) is 39.9 Å². The summed E-state index contributed by atoms with van der Waals surface area (Å²) in [7, 11) is 0. The third kappa shape index (κ3) is 3.92. The van der Waals surface area contributed by atoms with Gasteiger partial charge in [0, 0.05) is 23.2 Å². The van der Waals surface area contributed by atoms with Crippen LogP contribution >= 0.6 is 11.6 Å². The molecule has 8 rings (SSSR count). The van der Waals surface area contributed by atoms with Crippen molar-refractivity contribution >= 4 is 46.9 Å². The first-order valence-corrected chi connectivity index (χ1v) is 14.1. The smallest absolute Gasteiger partial charge is 0.274 e. The van der Waals surface area contributed by atoms with E-state index in [0.717, 1.165) is 38.8 Å². The van der Waals surface area contributed by atoms with Crippen molar-refractivity contribution in [1.29, 1.82) is 0 Å². The minimum absolute atomic E-state index is 0.109. The van der Waals surface area contributed by atoms with Gasteiger partial charge in [-0.2, -0.15) is 5.10 Å². The predicted octanol–water partition coefficient (Wildman–Crippen LogP) is 5.14. The third-order valence-electron chi connectivity index (χ3n) is 8.72. The summed E-state index contributed by atoms with van der Waals surface area (Å²) in [5.41, 5.74) is 4.98. The quantitative estimate of drug-likeness (QED) is 0.144. The van der Waals surface area contributed by atoms with Gasteiger partial charge in [-0.3, -0.25) is 24.5 Å². The number of nitrogens with zero attached hydrogens (tertiary/aromatic N) is 3. The van der Waals surface area contributed by atoms with Gasteiger partial charge >= 0.3 is 0 Å².